The van der Waals surface area contributed by atoms with E-state index in [0.717, 1.165) is 5.56 Å². The summed E-state index contributed by atoms with van der Waals surface area (Å²) in [5.74, 6) is 0. The van der Waals surface area contributed by atoms with Crippen LogP contribution in [0.3, 0.4) is 0 Å². The summed E-state index contributed by atoms with van der Waals surface area (Å²) >= 11 is 0. The van der Waals surface area contributed by atoms with Gasteiger partial charge in [0.2, 0.25) is 0 Å². The molecule has 132 valence electrons. The topological polar surface area (TPSA) is 54.0 Å². The zero-order valence-electron chi connectivity index (χ0n) is 14.7. The number of hydrogen-bond donors (Lipinski definition) is 0. The van der Waals surface area contributed by atoms with Crippen molar-refractivity contribution in [3.63, 3.8) is 0 Å². The maximum Gasteiger partial charge on any atom is 0.356 e. The molecule has 0 bridgehead atoms. The Morgan fingerprint density at radius 2 is 1.52 bits per heavy atom. The third-order valence-corrected chi connectivity index (χ3v) is 4.68. The smallest absolute Gasteiger partial charge is 0.356 e. The van der Waals surface area contributed by atoms with E-state index in [1.807, 2.05) is 65.0 Å². The molecule has 1 unspecified atom stereocenters. The van der Waals surface area contributed by atoms with Crippen molar-refractivity contribution in [1.29, 1.82) is 0 Å². The van der Waals surface area contributed by atoms with E-state index in [1.54, 1.807) is 0 Å². The maximum atomic E-state index is 12.6. The van der Waals surface area contributed by atoms with Crippen LogP contribution in [0.1, 0.15) is 40.2 Å². The average molecular weight is 344 g/mol. The van der Waals surface area contributed by atoms with Crippen molar-refractivity contribution in [3.05, 3.63) is 35.9 Å². The third kappa shape index (κ3) is 9.23. The van der Waals surface area contributed by atoms with E-state index >= 15 is 0 Å². The molecule has 0 saturated heterocycles. The van der Waals surface area contributed by atoms with E-state index in [4.69, 9.17) is 18.5 Å². The quantitative estimate of drug-likeness (QED) is 0.549. The summed E-state index contributed by atoms with van der Waals surface area (Å²) in [6.45, 7) is 10.1. The third-order valence-electron chi connectivity index (χ3n) is 2.72. The van der Waals surface area contributed by atoms with Crippen LogP contribution in [-0.2, 0) is 29.7 Å². The molecule has 5 nitrogen and oxygen atoms in total. The molecule has 0 radical (unpaired) electrons. The van der Waals surface area contributed by atoms with Crippen LogP contribution in [-0.4, -0.2) is 31.3 Å². The Labute approximate surface area is 139 Å². The van der Waals surface area contributed by atoms with Crippen molar-refractivity contribution >= 4 is 7.60 Å². The lowest BCUT2D eigenvalue weighted by atomic mass is 10.2. The summed E-state index contributed by atoms with van der Waals surface area (Å²) in [4.78, 5) is 0. The zero-order chi connectivity index (χ0) is 17.3. The molecule has 1 aromatic carbocycles. The molecular formula is C17H29O5P. The van der Waals surface area contributed by atoms with Gasteiger partial charge in [-0.15, -0.1) is 0 Å². The molecular weight excluding hydrogens is 315 g/mol. The van der Waals surface area contributed by atoms with Crippen LogP contribution in [0.5, 0.6) is 0 Å². The van der Waals surface area contributed by atoms with E-state index in [0.29, 0.717) is 13.2 Å². The van der Waals surface area contributed by atoms with Gasteiger partial charge < -0.3 is 18.5 Å². The summed E-state index contributed by atoms with van der Waals surface area (Å²) in [5.41, 5.74) is 1.11. The van der Waals surface area contributed by atoms with Gasteiger partial charge in [0, 0.05) is 0 Å². The highest BCUT2D eigenvalue weighted by Gasteiger charge is 2.29. The summed E-state index contributed by atoms with van der Waals surface area (Å²) in [7, 11) is -3.25. The Morgan fingerprint density at radius 3 is 2.04 bits per heavy atom. The lowest BCUT2D eigenvalue weighted by molar-refractivity contribution is -0.00527. The average Bonchev–Trinajstić information content (AvgIpc) is 2.44. The van der Waals surface area contributed by atoms with Crippen molar-refractivity contribution in [1.82, 2.24) is 0 Å². The van der Waals surface area contributed by atoms with Crippen molar-refractivity contribution in [2.45, 2.75) is 59.5 Å². The first-order valence-corrected chi connectivity index (χ1v) is 9.72. The van der Waals surface area contributed by atoms with Gasteiger partial charge in [0.1, 0.15) is 6.35 Å². The second-order valence-electron chi connectivity index (χ2n) is 6.03. The van der Waals surface area contributed by atoms with Gasteiger partial charge in [0.15, 0.2) is 0 Å². The van der Waals surface area contributed by atoms with E-state index < -0.39 is 7.60 Å². The van der Waals surface area contributed by atoms with E-state index in [9.17, 15) is 4.57 Å². The molecule has 0 spiro atoms. The zero-order valence-corrected chi connectivity index (χ0v) is 15.6. The van der Waals surface area contributed by atoms with Crippen LogP contribution in [0.4, 0.5) is 0 Å². The SMILES string of the molecule is CC(C)OP(=O)(COC(C)COCc1ccccc1)OC(C)C. The first-order chi connectivity index (χ1) is 10.8. The van der Waals surface area contributed by atoms with Gasteiger partial charge in [-0.05, 0) is 40.2 Å². The molecule has 0 aliphatic carbocycles. The minimum atomic E-state index is -3.25. The number of ether oxygens (including phenoxy) is 2. The van der Waals surface area contributed by atoms with Crippen molar-refractivity contribution in [2.24, 2.45) is 0 Å². The number of benzene rings is 1. The van der Waals surface area contributed by atoms with Gasteiger partial charge in [-0.3, -0.25) is 4.57 Å². The molecule has 0 N–H and O–H groups in total. The monoisotopic (exact) mass is 344 g/mol. The second-order valence-corrected chi connectivity index (χ2v) is 7.93. The molecule has 0 saturated carbocycles. The number of hydrogen-bond acceptors (Lipinski definition) is 5. The molecule has 0 fully saturated rings. The van der Waals surface area contributed by atoms with E-state index in [2.05, 4.69) is 0 Å². The molecule has 23 heavy (non-hydrogen) atoms. The molecule has 6 heteroatoms. The highest BCUT2D eigenvalue weighted by atomic mass is 31.2. The number of rotatable bonds is 11. The Kier molecular flexibility index (Phi) is 9.03. The van der Waals surface area contributed by atoms with Crippen molar-refractivity contribution in [2.75, 3.05) is 13.0 Å². The van der Waals surface area contributed by atoms with Crippen LogP contribution in [0.25, 0.3) is 0 Å². The Bertz CT molecular complexity index is 461. The molecule has 0 aromatic heterocycles. The summed E-state index contributed by atoms with van der Waals surface area (Å²) in [5, 5.41) is 0. The molecule has 1 aromatic rings. The largest absolute Gasteiger partial charge is 0.374 e. The maximum absolute atomic E-state index is 12.6. The second kappa shape index (κ2) is 10.2. The molecule has 0 aliphatic rings. The van der Waals surface area contributed by atoms with Gasteiger partial charge in [-0.25, -0.2) is 0 Å². The van der Waals surface area contributed by atoms with Crippen LogP contribution < -0.4 is 0 Å². The van der Waals surface area contributed by atoms with E-state index in [1.165, 1.54) is 0 Å². The van der Waals surface area contributed by atoms with E-state index in [-0.39, 0.29) is 24.7 Å². The fourth-order valence-electron chi connectivity index (χ4n) is 1.91. The Hall–Kier alpha value is -0.710. The van der Waals surface area contributed by atoms with Gasteiger partial charge in [-0.2, -0.15) is 0 Å². The Morgan fingerprint density at radius 1 is 0.957 bits per heavy atom. The highest BCUT2D eigenvalue weighted by molar-refractivity contribution is 7.53. The van der Waals surface area contributed by atoms with Crippen molar-refractivity contribution in [3.8, 4) is 0 Å². The molecule has 0 amide bonds. The van der Waals surface area contributed by atoms with Gasteiger partial charge >= 0.3 is 7.60 Å². The molecule has 1 rings (SSSR count). The first kappa shape index (κ1) is 20.3. The van der Waals surface area contributed by atoms with Gasteiger partial charge in [-0.1, -0.05) is 30.3 Å². The van der Waals surface area contributed by atoms with Crippen LogP contribution >= 0.6 is 7.60 Å². The van der Waals surface area contributed by atoms with Gasteiger partial charge in [0.25, 0.3) is 0 Å². The summed E-state index contributed by atoms with van der Waals surface area (Å²) in [6.07, 6.45) is -0.640. The molecule has 1 atom stereocenters. The predicted molar refractivity (Wildman–Crippen MR) is 91.6 cm³/mol. The van der Waals surface area contributed by atoms with Crippen LogP contribution in [0.15, 0.2) is 30.3 Å². The fraction of sp³-hybridized carbons (Fsp3) is 0.647. The predicted octanol–water partition coefficient (Wildman–Crippen LogP) is 4.61. The van der Waals surface area contributed by atoms with Gasteiger partial charge in [0.05, 0.1) is 31.5 Å². The summed E-state index contributed by atoms with van der Waals surface area (Å²) in [6, 6.07) is 9.93. The standard InChI is InChI=1S/C17H29O5P/c1-14(2)21-23(18,22-15(3)4)13-20-16(5)11-19-12-17-9-7-6-8-10-17/h6-10,14-16H,11-13H2,1-5H3. The normalized spacial score (nSPS) is 13.7. The lowest BCUT2D eigenvalue weighted by Crippen LogP contribution is -2.19. The fourth-order valence-corrected chi connectivity index (χ4v) is 3.81. The van der Waals surface area contributed by atoms with Crippen LogP contribution in [0.2, 0.25) is 0 Å². The summed E-state index contributed by atoms with van der Waals surface area (Å²) < 4.78 is 34.7. The van der Waals surface area contributed by atoms with Crippen molar-refractivity contribution < 1.29 is 23.1 Å². The highest BCUT2D eigenvalue weighted by Crippen LogP contribution is 2.50. The minimum Gasteiger partial charge on any atom is -0.374 e. The van der Waals surface area contributed by atoms with Crippen LogP contribution in [0, 0.1) is 0 Å². The first-order valence-electron chi connectivity index (χ1n) is 8.00. The Balaban J connectivity index is 2.36. The molecule has 0 heterocycles. The minimum absolute atomic E-state index is 0.0702. The molecule has 0 aliphatic heterocycles. The lowest BCUT2D eigenvalue weighted by Gasteiger charge is -2.24.